The van der Waals surface area contributed by atoms with Crippen molar-refractivity contribution in [2.45, 2.75) is 0 Å². The van der Waals surface area contributed by atoms with Crippen molar-refractivity contribution in [3.05, 3.63) is 74.6 Å². The Morgan fingerprint density at radius 1 is 1.00 bits per heavy atom. The number of carbonyl (C=O) groups excluding carboxylic acids is 1. The van der Waals surface area contributed by atoms with E-state index in [4.69, 9.17) is 23.2 Å². The number of nitrogens with one attached hydrogen (secondary N) is 1. The molecule has 0 saturated carbocycles. The standard InChI is InChI=1S/C15H11Cl2N3O2/c16-12-5-1-3-10(7-12)14(9-18-22)19-20-15(21)11-4-2-6-13(17)8-11/h1-8H,9H2,(H,20,21). The molecule has 5 nitrogen and oxygen atoms in total. The summed E-state index contributed by atoms with van der Waals surface area (Å²) < 4.78 is 0. The lowest BCUT2D eigenvalue weighted by Crippen LogP contribution is -2.21. The minimum absolute atomic E-state index is 0.184. The molecule has 0 aromatic heterocycles. The summed E-state index contributed by atoms with van der Waals surface area (Å²) in [4.78, 5) is 22.5. The molecular formula is C15H11Cl2N3O2. The van der Waals surface area contributed by atoms with E-state index in [2.05, 4.69) is 15.7 Å². The summed E-state index contributed by atoms with van der Waals surface area (Å²) in [6.45, 7) is -0.184. The molecule has 7 heteroatoms. The van der Waals surface area contributed by atoms with Gasteiger partial charge in [-0.05, 0) is 30.3 Å². The van der Waals surface area contributed by atoms with Gasteiger partial charge in [0.25, 0.3) is 5.91 Å². The van der Waals surface area contributed by atoms with Gasteiger partial charge in [0.05, 0.1) is 5.71 Å². The van der Waals surface area contributed by atoms with Crippen LogP contribution in [-0.2, 0) is 0 Å². The molecule has 0 aliphatic heterocycles. The third-order valence-electron chi connectivity index (χ3n) is 2.75. The molecule has 0 aliphatic rings. The van der Waals surface area contributed by atoms with Crippen LogP contribution in [0, 0.1) is 4.91 Å². The van der Waals surface area contributed by atoms with E-state index in [-0.39, 0.29) is 6.54 Å². The molecule has 0 aliphatic carbocycles. The average molecular weight is 336 g/mol. The number of hydrogen-bond acceptors (Lipinski definition) is 4. The Labute approximate surface area is 136 Å². The highest BCUT2D eigenvalue weighted by atomic mass is 35.5. The fraction of sp³-hybridized carbons (Fsp3) is 0.0667. The average Bonchev–Trinajstić information content (AvgIpc) is 2.51. The predicted molar refractivity (Wildman–Crippen MR) is 87.6 cm³/mol. The van der Waals surface area contributed by atoms with Crippen molar-refractivity contribution in [1.29, 1.82) is 0 Å². The summed E-state index contributed by atoms with van der Waals surface area (Å²) in [6, 6.07) is 13.2. The Bertz CT molecular complexity index is 732. The summed E-state index contributed by atoms with van der Waals surface area (Å²) in [5.74, 6) is -0.437. The Morgan fingerprint density at radius 3 is 2.18 bits per heavy atom. The molecule has 0 saturated heterocycles. The maximum atomic E-state index is 12.0. The Hall–Kier alpha value is -2.24. The van der Waals surface area contributed by atoms with E-state index in [0.717, 1.165) is 0 Å². The van der Waals surface area contributed by atoms with Gasteiger partial charge in [0.1, 0.15) is 6.54 Å². The van der Waals surface area contributed by atoms with Crippen molar-refractivity contribution < 1.29 is 4.79 Å². The lowest BCUT2D eigenvalue weighted by atomic mass is 10.1. The van der Waals surface area contributed by atoms with Crippen LogP contribution in [0.2, 0.25) is 10.0 Å². The van der Waals surface area contributed by atoms with Gasteiger partial charge in [-0.2, -0.15) is 10.0 Å². The third-order valence-corrected chi connectivity index (χ3v) is 3.22. The highest BCUT2D eigenvalue weighted by Crippen LogP contribution is 2.12. The zero-order valence-electron chi connectivity index (χ0n) is 11.3. The summed E-state index contributed by atoms with van der Waals surface area (Å²) >= 11 is 11.7. The van der Waals surface area contributed by atoms with Crippen LogP contribution in [-0.4, -0.2) is 18.2 Å². The Balaban J connectivity index is 2.20. The molecule has 0 spiro atoms. The van der Waals surface area contributed by atoms with E-state index in [1.807, 2.05) is 0 Å². The minimum atomic E-state index is -0.437. The molecule has 0 unspecified atom stereocenters. The van der Waals surface area contributed by atoms with Crippen LogP contribution in [0.15, 0.2) is 58.8 Å². The molecule has 2 aromatic rings. The second-order valence-corrected chi connectivity index (χ2v) is 5.18. The molecule has 112 valence electrons. The van der Waals surface area contributed by atoms with Crippen molar-refractivity contribution in [3.8, 4) is 0 Å². The molecule has 2 aromatic carbocycles. The van der Waals surface area contributed by atoms with Crippen LogP contribution in [0.4, 0.5) is 0 Å². The predicted octanol–water partition coefficient (Wildman–Crippen LogP) is 3.89. The zero-order chi connectivity index (χ0) is 15.9. The topological polar surface area (TPSA) is 70.9 Å². The van der Waals surface area contributed by atoms with Gasteiger partial charge in [0, 0.05) is 21.2 Å². The maximum absolute atomic E-state index is 12.0. The fourth-order valence-corrected chi connectivity index (χ4v) is 2.11. The van der Waals surface area contributed by atoms with Gasteiger partial charge in [-0.1, -0.05) is 46.6 Å². The van der Waals surface area contributed by atoms with Crippen molar-refractivity contribution in [2.75, 3.05) is 6.54 Å². The van der Waals surface area contributed by atoms with E-state index in [1.54, 1.807) is 42.5 Å². The number of halogens is 2. The molecule has 1 N–H and O–H groups in total. The molecular weight excluding hydrogens is 325 g/mol. The van der Waals surface area contributed by atoms with Crippen LogP contribution in [0.5, 0.6) is 0 Å². The maximum Gasteiger partial charge on any atom is 0.271 e. The number of nitrogens with zero attached hydrogens (tertiary/aromatic N) is 2. The van der Waals surface area contributed by atoms with Crippen molar-refractivity contribution in [1.82, 2.24) is 5.43 Å². The molecule has 2 rings (SSSR count). The molecule has 1 amide bonds. The number of benzene rings is 2. The number of amides is 1. The van der Waals surface area contributed by atoms with Gasteiger partial charge in [-0.15, -0.1) is 0 Å². The van der Waals surface area contributed by atoms with E-state index >= 15 is 0 Å². The van der Waals surface area contributed by atoms with Crippen LogP contribution < -0.4 is 5.43 Å². The van der Waals surface area contributed by atoms with Crippen LogP contribution in [0.1, 0.15) is 15.9 Å². The van der Waals surface area contributed by atoms with Crippen LogP contribution in [0.3, 0.4) is 0 Å². The molecule has 0 atom stereocenters. The quantitative estimate of drug-likeness (QED) is 0.511. The highest BCUT2D eigenvalue weighted by Gasteiger charge is 2.08. The lowest BCUT2D eigenvalue weighted by molar-refractivity contribution is 0.0955. The van der Waals surface area contributed by atoms with Gasteiger partial charge < -0.3 is 0 Å². The lowest BCUT2D eigenvalue weighted by Gasteiger charge is -2.05. The second kappa shape index (κ2) is 7.68. The van der Waals surface area contributed by atoms with Gasteiger partial charge in [-0.25, -0.2) is 5.43 Å². The van der Waals surface area contributed by atoms with Crippen molar-refractivity contribution in [2.24, 2.45) is 10.3 Å². The molecule has 0 bridgehead atoms. The fourth-order valence-electron chi connectivity index (χ4n) is 1.73. The number of hydrogen-bond donors (Lipinski definition) is 1. The van der Waals surface area contributed by atoms with Crippen LogP contribution in [0.25, 0.3) is 0 Å². The normalized spacial score (nSPS) is 11.1. The summed E-state index contributed by atoms with van der Waals surface area (Å²) in [7, 11) is 0. The van der Waals surface area contributed by atoms with E-state index < -0.39 is 5.91 Å². The monoisotopic (exact) mass is 335 g/mol. The smallest absolute Gasteiger partial charge is 0.267 e. The van der Waals surface area contributed by atoms with Crippen LogP contribution >= 0.6 is 23.2 Å². The summed E-state index contributed by atoms with van der Waals surface area (Å²) in [6.07, 6.45) is 0. The first kappa shape index (κ1) is 16.1. The first-order valence-electron chi connectivity index (χ1n) is 6.27. The van der Waals surface area contributed by atoms with Gasteiger partial charge in [0.2, 0.25) is 0 Å². The summed E-state index contributed by atoms with van der Waals surface area (Å²) in [5.41, 5.74) is 3.66. The molecule has 0 heterocycles. The number of rotatable bonds is 5. The first-order chi connectivity index (χ1) is 10.6. The second-order valence-electron chi connectivity index (χ2n) is 4.31. The number of carbonyl (C=O) groups is 1. The highest BCUT2D eigenvalue weighted by molar-refractivity contribution is 6.31. The van der Waals surface area contributed by atoms with E-state index in [9.17, 15) is 9.70 Å². The molecule has 0 fully saturated rings. The van der Waals surface area contributed by atoms with E-state index in [0.29, 0.717) is 26.9 Å². The Morgan fingerprint density at radius 2 is 1.59 bits per heavy atom. The van der Waals surface area contributed by atoms with Crippen molar-refractivity contribution in [3.63, 3.8) is 0 Å². The first-order valence-corrected chi connectivity index (χ1v) is 7.03. The Kier molecular flexibility index (Phi) is 5.63. The zero-order valence-corrected chi connectivity index (χ0v) is 12.8. The number of hydrazone groups is 1. The molecule has 22 heavy (non-hydrogen) atoms. The van der Waals surface area contributed by atoms with Gasteiger partial charge in [0.15, 0.2) is 0 Å². The molecule has 0 radical (unpaired) electrons. The minimum Gasteiger partial charge on any atom is -0.267 e. The van der Waals surface area contributed by atoms with Gasteiger partial charge >= 0.3 is 0 Å². The van der Waals surface area contributed by atoms with E-state index in [1.165, 1.54) is 6.07 Å². The third kappa shape index (κ3) is 4.38. The van der Waals surface area contributed by atoms with Gasteiger partial charge in [-0.3, -0.25) is 4.79 Å². The largest absolute Gasteiger partial charge is 0.271 e. The SMILES string of the molecule is O=NCC(=NNC(=O)c1cccc(Cl)c1)c1cccc(Cl)c1. The summed E-state index contributed by atoms with van der Waals surface area (Å²) in [5, 5.41) is 7.71. The van der Waals surface area contributed by atoms with Crippen molar-refractivity contribution >= 4 is 34.8 Å². The number of nitroso groups, excluding NO2 is 1.